The van der Waals surface area contributed by atoms with Gasteiger partial charge in [0.15, 0.2) is 0 Å². The van der Waals surface area contributed by atoms with Crippen LogP contribution in [0.4, 0.5) is 0 Å². The molecule has 3 nitrogen and oxygen atoms in total. The Bertz CT molecular complexity index is 419. The molecule has 0 aliphatic carbocycles. The van der Waals surface area contributed by atoms with Crippen molar-refractivity contribution in [2.45, 2.75) is 39.7 Å². The summed E-state index contributed by atoms with van der Waals surface area (Å²) in [5.74, 6) is 0.0248. The van der Waals surface area contributed by atoms with Crippen LogP contribution >= 0.6 is 0 Å². The Morgan fingerprint density at radius 2 is 1.94 bits per heavy atom. The van der Waals surface area contributed by atoms with Crippen molar-refractivity contribution in [3.8, 4) is 0 Å². The van der Waals surface area contributed by atoms with Gasteiger partial charge in [-0.25, -0.2) is 0 Å². The average molecular weight is 248 g/mol. The van der Waals surface area contributed by atoms with Gasteiger partial charge in [-0.15, -0.1) is 0 Å². The van der Waals surface area contributed by atoms with E-state index in [-0.39, 0.29) is 11.3 Å². The van der Waals surface area contributed by atoms with Crippen molar-refractivity contribution in [1.29, 1.82) is 0 Å². The minimum atomic E-state index is 0.0248. The van der Waals surface area contributed by atoms with Crippen molar-refractivity contribution >= 4 is 5.91 Å². The maximum atomic E-state index is 11.4. The van der Waals surface area contributed by atoms with Gasteiger partial charge in [0.2, 0.25) is 5.91 Å². The lowest BCUT2D eigenvalue weighted by Gasteiger charge is -2.20. The number of nitrogens with one attached hydrogen (secondary N) is 2. The van der Waals surface area contributed by atoms with E-state index in [0.717, 1.165) is 0 Å². The van der Waals surface area contributed by atoms with Crippen LogP contribution in [0.1, 0.15) is 37.5 Å². The normalized spacial score (nSPS) is 11.4. The fraction of sp³-hybridized carbons (Fsp3) is 0.533. The van der Waals surface area contributed by atoms with Crippen LogP contribution in [0.25, 0.3) is 0 Å². The van der Waals surface area contributed by atoms with E-state index in [4.69, 9.17) is 0 Å². The first-order valence-corrected chi connectivity index (χ1v) is 6.36. The molecule has 1 aromatic carbocycles. The third-order valence-electron chi connectivity index (χ3n) is 3.02. The molecule has 0 unspecified atom stereocenters. The predicted octanol–water partition coefficient (Wildman–Crippen LogP) is 2.13. The molecule has 0 saturated heterocycles. The zero-order valence-corrected chi connectivity index (χ0v) is 12.1. The zero-order valence-electron chi connectivity index (χ0n) is 12.1. The number of hydrogen-bond acceptors (Lipinski definition) is 2. The van der Waals surface area contributed by atoms with Gasteiger partial charge < -0.3 is 10.6 Å². The Kier molecular flexibility index (Phi) is 4.91. The van der Waals surface area contributed by atoms with E-state index in [1.54, 1.807) is 7.05 Å². The van der Waals surface area contributed by atoms with Crippen LogP contribution in [-0.4, -0.2) is 19.5 Å². The van der Waals surface area contributed by atoms with Crippen LogP contribution < -0.4 is 10.6 Å². The number of amides is 1. The molecular formula is C15H24N2O. The number of likely N-dealkylation sites (N-methyl/N-ethyl adjacent to an activating group) is 1. The Morgan fingerprint density at radius 3 is 2.44 bits per heavy atom. The van der Waals surface area contributed by atoms with Crippen molar-refractivity contribution in [2.24, 2.45) is 0 Å². The van der Waals surface area contributed by atoms with E-state index in [1.165, 1.54) is 16.7 Å². The molecule has 0 aromatic heterocycles. The molecular weight excluding hydrogens is 224 g/mol. The van der Waals surface area contributed by atoms with Crippen LogP contribution in [0.2, 0.25) is 0 Å². The summed E-state index contributed by atoms with van der Waals surface area (Å²) in [6.45, 7) is 9.66. The smallest absolute Gasteiger partial charge is 0.234 e. The first-order chi connectivity index (χ1) is 8.34. The standard InChI is InChI=1S/C15H24N2O/c1-11-8-13(15(2,3)4)7-6-12(11)9-17-14(18)10-16-5/h6-8,16H,9-10H2,1-5H3,(H,17,18). The molecule has 0 heterocycles. The summed E-state index contributed by atoms with van der Waals surface area (Å²) in [4.78, 5) is 11.4. The van der Waals surface area contributed by atoms with E-state index in [2.05, 4.69) is 56.5 Å². The summed E-state index contributed by atoms with van der Waals surface area (Å²) in [5, 5.41) is 5.73. The van der Waals surface area contributed by atoms with Crippen LogP contribution in [0.3, 0.4) is 0 Å². The van der Waals surface area contributed by atoms with E-state index in [0.29, 0.717) is 13.1 Å². The van der Waals surface area contributed by atoms with Crippen molar-refractivity contribution < 1.29 is 4.79 Å². The van der Waals surface area contributed by atoms with Gasteiger partial charge in [-0.3, -0.25) is 4.79 Å². The summed E-state index contributed by atoms with van der Waals surface area (Å²) < 4.78 is 0. The van der Waals surface area contributed by atoms with E-state index >= 15 is 0 Å². The SMILES string of the molecule is CNCC(=O)NCc1ccc(C(C)(C)C)cc1C. The summed E-state index contributed by atoms with van der Waals surface area (Å²) >= 11 is 0. The molecule has 1 aromatic rings. The van der Waals surface area contributed by atoms with Crippen molar-refractivity contribution in [2.75, 3.05) is 13.6 Å². The highest BCUT2D eigenvalue weighted by molar-refractivity contribution is 5.77. The Morgan fingerprint density at radius 1 is 1.28 bits per heavy atom. The van der Waals surface area contributed by atoms with Crippen molar-refractivity contribution in [3.05, 3.63) is 34.9 Å². The van der Waals surface area contributed by atoms with Gasteiger partial charge in [-0.05, 0) is 36.1 Å². The molecule has 100 valence electrons. The highest BCUT2D eigenvalue weighted by Crippen LogP contribution is 2.24. The number of aryl methyl sites for hydroxylation is 1. The van der Waals surface area contributed by atoms with Gasteiger partial charge in [-0.1, -0.05) is 39.0 Å². The van der Waals surface area contributed by atoms with E-state index in [9.17, 15) is 4.79 Å². The number of carbonyl (C=O) groups is 1. The average Bonchev–Trinajstić information content (AvgIpc) is 2.26. The van der Waals surface area contributed by atoms with Crippen LogP contribution in [0.5, 0.6) is 0 Å². The molecule has 0 atom stereocenters. The predicted molar refractivity (Wildman–Crippen MR) is 75.7 cm³/mol. The molecule has 0 aliphatic rings. The highest BCUT2D eigenvalue weighted by Gasteiger charge is 2.14. The number of carbonyl (C=O) groups excluding carboxylic acids is 1. The maximum Gasteiger partial charge on any atom is 0.234 e. The Balaban J connectivity index is 2.72. The lowest BCUT2D eigenvalue weighted by Crippen LogP contribution is -2.31. The first-order valence-electron chi connectivity index (χ1n) is 6.36. The molecule has 3 heteroatoms. The summed E-state index contributed by atoms with van der Waals surface area (Å²) in [6, 6.07) is 6.46. The van der Waals surface area contributed by atoms with Crippen molar-refractivity contribution in [1.82, 2.24) is 10.6 Å². The van der Waals surface area contributed by atoms with E-state index in [1.807, 2.05) is 0 Å². The third-order valence-corrected chi connectivity index (χ3v) is 3.02. The van der Waals surface area contributed by atoms with E-state index < -0.39 is 0 Å². The summed E-state index contributed by atoms with van der Waals surface area (Å²) in [6.07, 6.45) is 0. The maximum absolute atomic E-state index is 11.4. The Hall–Kier alpha value is -1.35. The minimum Gasteiger partial charge on any atom is -0.351 e. The molecule has 0 fully saturated rings. The quantitative estimate of drug-likeness (QED) is 0.857. The first kappa shape index (κ1) is 14.7. The van der Waals surface area contributed by atoms with Gasteiger partial charge in [0.1, 0.15) is 0 Å². The van der Waals surface area contributed by atoms with Gasteiger partial charge in [0, 0.05) is 6.54 Å². The van der Waals surface area contributed by atoms with Crippen molar-refractivity contribution in [3.63, 3.8) is 0 Å². The fourth-order valence-corrected chi connectivity index (χ4v) is 1.78. The number of rotatable bonds is 4. The molecule has 0 saturated carbocycles. The topological polar surface area (TPSA) is 41.1 Å². The number of benzene rings is 1. The number of hydrogen-bond donors (Lipinski definition) is 2. The molecule has 0 bridgehead atoms. The molecule has 0 aliphatic heterocycles. The molecule has 2 N–H and O–H groups in total. The molecule has 1 amide bonds. The summed E-state index contributed by atoms with van der Waals surface area (Å²) in [5.41, 5.74) is 3.89. The molecule has 0 radical (unpaired) electrons. The fourth-order valence-electron chi connectivity index (χ4n) is 1.78. The second-order valence-electron chi connectivity index (χ2n) is 5.70. The second-order valence-corrected chi connectivity index (χ2v) is 5.70. The molecule has 18 heavy (non-hydrogen) atoms. The van der Waals surface area contributed by atoms with Gasteiger partial charge in [0.25, 0.3) is 0 Å². The van der Waals surface area contributed by atoms with Gasteiger partial charge in [0.05, 0.1) is 6.54 Å². The monoisotopic (exact) mass is 248 g/mol. The molecule has 0 spiro atoms. The van der Waals surface area contributed by atoms with Gasteiger partial charge >= 0.3 is 0 Å². The lowest BCUT2D eigenvalue weighted by molar-refractivity contribution is -0.120. The molecule has 1 rings (SSSR count). The van der Waals surface area contributed by atoms with Crippen LogP contribution in [0, 0.1) is 6.92 Å². The minimum absolute atomic E-state index is 0.0248. The third kappa shape index (κ3) is 4.15. The Labute approximate surface area is 110 Å². The van der Waals surface area contributed by atoms with Crippen LogP contribution in [0.15, 0.2) is 18.2 Å². The van der Waals surface area contributed by atoms with Gasteiger partial charge in [-0.2, -0.15) is 0 Å². The largest absolute Gasteiger partial charge is 0.351 e. The lowest BCUT2D eigenvalue weighted by atomic mass is 9.85. The second kappa shape index (κ2) is 6.01. The highest BCUT2D eigenvalue weighted by atomic mass is 16.1. The van der Waals surface area contributed by atoms with Crippen LogP contribution in [-0.2, 0) is 16.8 Å². The zero-order chi connectivity index (χ0) is 13.8. The summed E-state index contributed by atoms with van der Waals surface area (Å²) in [7, 11) is 1.77.